The molecule has 27 heavy (non-hydrogen) atoms. The average molecular weight is 367 g/mol. The van der Waals surface area contributed by atoms with Crippen molar-refractivity contribution < 1.29 is 14.3 Å². The van der Waals surface area contributed by atoms with E-state index in [2.05, 4.69) is 13.0 Å². The van der Waals surface area contributed by atoms with Crippen molar-refractivity contribution >= 4 is 11.8 Å². The second-order valence-electron chi connectivity index (χ2n) is 10.5. The van der Waals surface area contributed by atoms with Gasteiger partial charge in [0.1, 0.15) is 5.60 Å². The van der Waals surface area contributed by atoms with E-state index in [4.69, 9.17) is 4.74 Å². The van der Waals surface area contributed by atoms with E-state index in [1.807, 2.05) is 6.08 Å². The van der Waals surface area contributed by atoms with Crippen LogP contribution >= 0.6 is 0 Å². The Bertz CT molecular complexity index is 774. The van der Waals surface area contributed by atoms with Gasteiger partial charge in [0, 0.05) is 17.9 Å². The van der Waals surface area contributed by atoms with Crippen LogP contribution in [-0.2, 0) is 14.3 Å². The summed E-state index contributed by atoms with van der Waals surface area (Å²) < 4.78 is 5.99. The summed E-state index contributed by atoms with van der Waals surface area (Å²) in [6.45, 7) is 2.42. The molecule has 6 aliphatic rings. The molecule has 3 unspecified atom stereocenters. The Kier molecular flexibility index (Phi) is 3.29. The fraction of sp³-hybridized carbons (Fsp3) is 0.750. The first-order valence-corrected chi connectivity index (χ1v) is 11.2. The van der Waals surface area contributed by atoms with Crippen LogP contribution in [0, 0.1) is 40.9 Å². The lowest BCUT2D eigenvalue weighted by Crippen LogP contribution is -2.54. The minimum absolute atomic E-state index is 0.0929. The molecule has 4 saturated carbocycles. The highest BCUT2D eigenvalue weighted by atomic mass is 16.6. The summed E-state index contributed by atoms with van der Waals surface area (Å²) in [5.41, 5.74) is 1.25. The Hall–Kier alpha value is -1.38. The van der Waals surface area contributed by atoms with Crippen molar-refractivity contribution in [2.75, 3.05) is 0 Å². The smallest absolute Gasteiger partial charge is 0.331 e. The molecule has 3 heteroatoms. The van der Waals surface area contributed by atoms with Crippen molar-refractivity contribution in [3.63, 3.8) is 0 Å². The lowest BCUT2D eigenvalue weighted by molar-refractivity contribution is -0.163. The molecule has 3 nitrogen and oxygen atoms in total. The Labute approximate surface area is 161 Å². The molecular formula is C24H30O3. The number of fused-ring (bicyclic) bond motifs is 6. The van der Waals surface area contributed by atoms with Crippen LogP contribution in [0.3, 0.4) is 0 Å². The first-order valence-electron chi connectivity index (χ1n) is 11.2. The quantitative estimate of drug-likeness (QED) is 0.636. The largest absolute Gasteiger partial charge is 0.451 e. The van der Waals surface area contributed by atoms with Gasteiger partial charge in [0.15, 0.2) is 5.78 Å². The minimum Gasteiger partial charge on any atom is -0.451 e. The van der Waals surface area contributed by atoms with Crippen molar-refractivity contribution in [1.29, 1.82) is 0 Å². The number of hydrogen-bond donors (Lipinski definition) is 0. The number of rotatable bonds is 1. The fourth-order valence-electron chi connectivity index (χ4n) is 8.22. The molecule has 0 amide bonds. The molecule has 0 aromatic carbocycles. The molecule has 0 saturated heterocycles. The second-order valence-corrected chi connectivity index (χ2v) is 10.5. The van der Waals surface area contributed by atoms with E-state index < -0.39 is 0 Å². The van der Waals surface area contributed by atoms with Crippen molar-refractivity contribution in [1.82, 2.24) is 0 Å². The van der Waals surface area contributed by atoms with Gasteiger partial charge in [-0.3, -0.25) is 4.79 Å². The molecule has 1 heterocycles. The summed E-state index contributed by atoms with van der Waals surface area (Å²) in [6, 6.07) is 0. The van der Waals surface area contributed by atoms with Crippen molar-refractivity contribution in [3.8, 4) is 0 Å². The van der Waals surface area contributed by atoms with Crippen LogP contribution in [-0.4, -0.2) is 17.4 Å². The van der Waals surface area contributed by atoms with Crippen LogP contribution in [0.1, 0.15) is 64.7 Å². The summed E-state index contributed by atoms with van der Waals surface area (Å²) in [5, 5.41) is 0. The van der Waals surface area contributed by atoms with Gasteiger partial charge < -0.3 is 4.74 Å². The summed E-state index contributed by atoms with van der Waals surface area (Å²) in [6.07, 6.45) is 16.2. The normalized spacial score (nSPS) is 50.9. The Morgan fingerprint density at radius 3 is 2.63 bits per heavy atom. The van der Waals surface area contributed by atoms with Crippen LogP contribution in [0.15, 0.2) is 23.8 Å². The van der Waals surface area contributed by atoms with Gasteiger partial charge in [-0.25, -0.2) is 4.79 Å². The first-order chi connectivity index (χ1) is 13.0. The molecule has 1 aliphatic heterocycles. The number of carbonyl (C=O) groups is 2. The fourth-order valence-corrected chi connectivity index (χ4v) is 8.22. The van der Waals surface area contributed by atoms with E-state index in [1.54, 1.807) is 6.08 Å². The van der Waals surface area contributed by atoms with E-state index in [0.29, 0.717) is 17.6 Å². The monoisotopic (exact) mass is 366 g/mol. The number of carbonyl (C=O) groups excluding carboxylic acids is 2. The number of ether oxygens (including phenoxy) is 1. The first kappa shape index (κ1) is 16.6. The van der Waals surface area contributed by atoms with Gasteiger partial charge in [0.2, 0.25) is 0 Å². The minimum atomic E-state index is -0.341. The molecule has 6 rings (SSSR count). The van der Waals surface area contributed by atoms with E-state index in [-0.39, 0.29) is 17.0 Å². The molecule has 144 valence electrons. The third-order valence-corrected chi connectivity index (χ3v) is 9.57. The zero-order valence-corrected chi connectivity index (χ0v) is 16.3. The van der Waals surface area contributed by atoms with Crippen LogP contribution in [0.5, 0.6) is 0 Å². The summed E-state index contributed by atoms with van der Waals surface area (Å²) in [4.78, 5) is 24.0. The second kappa shape index (κ2) is 5.36. The van der Waals surface area contributed by atoms with Gasteiger partial charge in [0.05, 0.1) is 0 Å². The van der Waals surface area contributed by atoms with Crippen LogP contribution in [0.25, 0.3) is 0 Å². The Morgan fingerprint density at radius 1 is 1.04 bits per heavy atom. The number of ketones is 1. The predicted molar refractivity (Wildman–Crippen MR) is 102 cm³/mol. The van der Waals surface area contributed by atoms with Gasteiger partial charge in [-0.05, 0) is 99.0 Å². The molecule has 0 aromatic heterocycles. The lowest BCUT2D eigenvalue weighted by atomic mass is 9.47. The van der Waals surface area contributed by atoms with E-state index in [1.165, 1.54) is 31.3 Å². The van der Waals surface area contributed by atoms with Gasteiger partial charge in [-0.2, -0.15) is 0 Å². The number of allylic oxidation sites excluding steroid dienone is 1. The van der Waals surface area contributed by atoms with Crippen molar-refractivity contribution in [2.45, 2.75) is 70.3 Å². The SMILES string of the molecule is C[C@]12CCC3C(C1CC[C@@]21C=CC(=O)O1)[C@H](C1CC1)CC1=CC(=O)CC[C@@H]13. The average Bonchev–Trinajstić information content (AvgIpc) is 3.36. The molecule has 1 spiro atoms. The summed E-state index contributed by atoms with van der Waals surface area (Å²) in [7, 11) is 0. The highest BCUT2D eigenvalue weighted by molar-refractivity contribution is 5.91. The van der Waals surface area contributed by atoms with Gasteiger partial charge >= 0.3 is 5.97 Å². The molecule has 5 aliphatic carbocycles. The third kappa shape index (κ3) is 2.15. The Balaban J connectivity index is 1.40. The molecular weight excluding hydrogens is 336 g/mol. The predicted octanol–water partition coefficient (Wildman–Crippen LogP) is 4.62. The summed E-state index contributed by atoms with van der Waals surface area (Å²) in [5.74, 6) is 4.66. The summed E-state index contributed by atoms with van der Waals surface area (Å²) >= 11 is 0. The highest BCUT2D eigenvalue weighted by Crippen LogP contribution is 2.69. The molecule has 0 N–H and O–H groups in total. The third-order valence-electron chi connectivity index (χ3n) is 9.57. The van der Waals surface area contributed by atoms with Gasteiger partial charge in [-0.15, -0.1) is 0 Å². The standard InChI is InChI=1S/C24H30O3/c1-23-9-6-18-17-5-4-16(25)12-15(17)13-19(14-2-3-14)22(18)20(23)7-10-24(23)11-8-21(26)27-24/h8,11-12,14,17-20,22H,2-7,9-10,13H2,1H3/t17-,18?,19-,20?,22?,23-,24+/m0/s1. The van der Waals surface area contributed by atoms with E-state index >= 15 is 0 Å². The van der Waals surface area contributed by atoms with E-state index in [0.717, 1.165) is 55.8 Å². The zero-order valence-electron chi connectivity index (χ0n) is 16.3. The maximum Gasteiger partial charge on any atom is 0.331 e. The highest BCUT2D eigenvalue weighted by Gasteiger charge is 2.66. The van der Waals surface area contributed by atoms with Gasteiger partial charge in [0.25, 0.3) is 0 Å². The topological polar surface area (TPSA) is 43.4 Å². The lowest BCUT2D eigenvalue weighted by Gasteiger charge is -2.58. The van der Waals surface area contributed by atoms with Crippen LogP contribution in [0.4, 0.5) is 0 Å². The zero-order chi connectivity index (χ0) is 18.4. The van der Waals surface area contributed by atoms with Crippen LogP contribution < -0.4 is 0 Å². The maximum absolute atomic E-state index is 12.1. The number of esters is 1. The number of hydrogen-bond acceptors (Lipinski definition) is 3. The molecule has 0 aromatic rings. The Morgan fingerprint density at radius 2 is 1.89 bits per heavy atom. The molecule has 0 bridgehead atoms. The van der Waals surface area contributed by atoms with Crippen molar-refractivity contribution in [2.24, 2.45) is 40.9 Å². The molecule has 0 radical (unpaired) electrons. The van der Waals surface area contributed by atoms with Gasteiger partial charge in [-0.1, -0.05) is 12.5 Å². The van der Waals surface area contributed by atoms with Crippen molar-refractivity contribution in [3.05, 3.63) is 23.8 Å². The maximum atomic E-state index is 12.1. The molecule has 7 atom stereocenters. The van der Waals surface area contributed by atoms with E-state index in [9.17, 15) is 9.59 Å². The molecule has 4 fully saturated rings. The van der Waals surface area contributed by atoms with Crippen LogP contribution in [0.2, 0.25) is 0 Å².